The summed E-state index contributed by atoms with van der Waals surface area (Å²) in [4.78, 5) is 49.4. The highest BCUT2D eigenvalue weighted by Crippen LogP contribution is 2.44. The number of nitrogens with one attached hydrogen (secondary N) is 1. The molecule has 2 aliphatic heterocycles. The van der Waals surface area contributed by atoms with Crippen LogP contribution in [0.4, 0.5) is 5.69 Å². The number of carbonyl (C=O) groups is 4. The smallest absolute Gasteiger partial charge is 0.338 e. The van der Waals surface area contributed by atoms with Gasteiger partial charge < -0.3 is 24.6 Å². The SMILES string of the molecule is CC(C)OC(=O)c1cc(NC(=O)[C@@H]2[C@@H](C(=O)O)[C@@H]3CC[C@@H]2O3)cc(C(=O)OC(C)C)c1. The second-order valence-corrected chi connectivity index (χ2v) is 8.38. The molecule has 0 spiro atoms. The van der Waals surface area contributed by atoms with Crippen molar-refractivity contribution in [2.24, 2.45) is 11.8 Å². The van der Waals surface area contributed by atoms with Crippen molar-refractivity contribution in [1.82, 2.24) is 0 Å². The lowest BCUT2D eigenvalue weighted by molar-refractivity contribution is -0.147. The van der Waals surface area contributed by atoms with Crippen molar-refractivity contribution >= 4 is 29.5 Å². The molecule has 2 bridgehead atoms. The minimum atomic E-state index is -1.08. The van der Waals surface area contributed by atoms with Gasteiger partial charge in [0.2, 0.25) is 5.91 Å². The molecule has 1 aromatic rings. The van der Waals surface area contributed by atoms with Crippen LogP contribution in [0.3, 0.4) is 0 Å². The highest BCUT2D eigenvalue weighted by atomic mass is 16.5. The highest BCUT2D eigenvalue weighted by Gasteiger charge is 2.55. The molecule has 0 unspecified atom stereocenters. The van der Waals surface area contributed by atoms with Crippen molar-refractivity contribution in [3.05, 3.63) is 29.3 Å². The van der Waals surface area contributed by atoms with Gasteiger partial charge in [-0.05, 0) is 58.7 Å². The first-order valence-electron chi connectivity index (χ1n) is 10.3. The molecule has 0 aromatic heterocycles. The maximum Gasteiger partial charge on any atom is 0.338 e. The summed E-state index contributed by atoms with van der Waals surface area (Å²) in [7, 11) is 0. The van der Waals surface area contributed by atoms with Crippen LogP contribution < -0.4 is 5.32 Å². The van der Waals surface area contributed by atoms with Gasteiger partial charge in [0.25, 0.3) is 0 Å². The topological polar surface area (TPSA) is 128 Å². The first-order chi connectivity index (χ1) is 14.6. The van der Waals surface area contributed by atoms with Gasteiger partial charge in [0.1, 0.15) is 0 Å². The Labute approximate surface area is 180 Å². The Morgan fingerprint density at radius 1 is 0.903 bits per heavy atom. The van der Waals surface area contributed by atoms with Gasteiger partial charge in [-0.3, -0.25) is 9.59 Å². The molecule has 2 N–H and O–H groups in total. The van der Waals surface area contributed by atoms with E-state index in [1.54, 1.807) is 27.7 Å². The lowest BCUT2D eigenvalue weighted by atomic mass is 9.78. The van der Waals surface area contributed by atoms with Crippen LogP contribution in [0, 0.1) is 11.8 Å². The number of hydrogen-bond donors (Lipinski definition) is 2. The molecule has 168 valence electrons. The summed E-state index contributed by atoms with van der Waals surface area (Å²) in [5.41, 5.74) is 0.313. The molecule has 2 aliphatic rings. The van der Waals surface area contributed by atoms with Crippen LogP contribution in [0.25, 0.3) is 0 Å². The molecule has 4 atom stereocenters. The average molecular weight is 433 g/mol. The Hall–Kier alpha value is -2.94. The maximum absolute atomic E-state index is 13.0. The van der Waals surface area contributed by atoms with Gasteiger partial charge in [-0.25, -0.2) is 9.59 Å². The van der Waals surface area contributed by atoms with Gasteiger partial charge in [0.15, 0.2) is 0 Å². The number of fused-ring (bicyclic) bond motifs is 2. The lowest BCUT2D eigenvalue weighted by Crippen LogP contribution is -2.41. The van der Waals surface area contributed by atoms with E-state index in [2.05, 4.69) is 5.32 Å². The van der Waals surface area contributed by atoms with Crippen LogP contribution >= 0.6 is 0 Å². The Bertz CT molecular complexity index is 853. The number of anilines is 1. The predicted octanol–water partition coefficient (Wildman–Crippen LogP) is 2.63. The number of hydrogen-bond acceptors (Lipinski definition) is 7. The Kier molecular flexibility index (Phi) is 6.64. The fourth-order valence-corrected chi connectivity index (χ4v) is 4.05. The van der Waals surface area contributed by atoms with Crippen molar-refractivity contribution in [1.29, 1.82) is 0 Å². The molecular formula is C22H27NO8. The number of esters is 2. The van der Waals surface area contributed by atoms with Crippen LogP contribution in [-0.2, 0) is 23.8 Å². The number of benzene rings is 1. The molecular weight excluding hydrogens is 406 g/mol. The van der Waals surface area contributed by atoms with E-state index < -0.39 is 47.9 Å². The molecule has 2 fully saturated rings. The van der Waals surface area contributed by atoms with Crippen LogP contribution in [0.15, 0.2) is 18.2 Å². The van der Waals surface area contributed by atoms with Crippen LogP contribution in [0.5, 0.6) is 0 Å². The van der Waals surface area contributed by atoms with Crippen molar-refractivity contribution in [3.63, 3.8) is 0 Å². The Balaban J connectivity index is 1.88. The zero-order valence-corrected chi connectivity index (χ0v) is 17.9. The van der Waals surface area contributed by atoms with Gasteiger partial charge in [-0.15, -0.1) is 0 Å². The molecule has 2 heterocycles. The lowest BCUT2D eigenvalue weighted by Gasteiger charge is -2.24. The van der Waals surface area contributed by atoms with Crippen molar-refractivity contribution in [2.75, 3.05) is 5.32 Å². The molecule has 31 heavy (non-hydrogen) atoms. The standard InChI is InChI=1S/C22H27NO8/c1-10(2)29-21(27)12-7-13(22(28)30-11(3)4)9-14(8-12)23-19(24)17-15-5-6-16(31-15)18(17)20(25)26/h7-11,15-18H,5-6H2,1-4H3,(H,23,24)(H,25,26)/t15-,16-,17-,18-/m0/s1. The number of aliphatic carboxylic acids is 1. The van der Waals surface area contributed by atoms with Gasteiger partial charge in [-0.2, -0.15) is 0 Å². The minimum Gasteiger partial charge on any atom is -0.481 e. The first kappa shape index (κ1) is 22.7. The summed E-state index contributed by atoms with van der Waals surface area (Å²) in [5.74, 6) is -4.71. The Morgan fingerprint density at radius 3 is 1.84 bits per heavy atom. The second kappa shape index (κ2) is 9.05. The molecule has 3 rings (SSSR count). The largest absolute Gasteiger partial charge is 0.481 e. The maximum atomic E-state index is 13.0. The summed E-state index contributed by atoms with van der Waals surface area (Å²) in [6.45, 7) is 6.77. The summed E-state index contributed by atoms with van der Waals surface area (Å²) in [5, 5.41) is 12.2. The third-order valence-corrected chi connectivity index (χ3v) is 5.22. The summed E-state index contributed by atoms with van der Waals surface area (Å²) in [6, 6.07) is 4.11. The minimum absolute atomic E-state index is 0.0705. The van der Waals surface area contributed by atoms with E-state index in [1.165, 1.54) is 18.2 Å². The molecule has 9 nitrogen and oxygen atoms in total. The van der Waals surface area contributed by atoms with E-state index >= 15 is 0 Å². The number of rotatable bonds is 7. The van der Waals surface area contributed by atoms with E-state index in [9.17, 15) is 24.3 Å². The summed E-state index contributed by atoms with van der Waals surface area (Å²) >= 11 is 0. The molecule has 1 aromatic carbocycles. The van der Waals surface area contributed by atoms with E-state index in [0.29, 0.717) is 12.8 Å². The van der Waals surface area contributed by atoms with E-state index in [1.807, 2.05) is 0 Å². The van der Waals surface area contributed by atoms with Gasteiger partial charge in [-0.1, -0.05) is 0 Å². The zero-order chi connectivity index (χ0) is 22.9. The van der Waals surface area contributed by atoms with Crippen LogP contribution in [0.2, 0.25) is 0 Å². The fraction of sp³-hybridized carbons (Fsp3) is 0.545. The van der Waals surface area contributed by atoms with Gasteiger partial charge in [0.05, 0.1) is 47.4 Å². The van der Waals surface area contributed by atoms with E-state index in [4.69, 9.17) is 14.2 Å². The number of carboxylic acid groups (broad SMARTS) is 1. The number of ether oxygens (including phenoxy) is 3. The van der Waals surface area contributed by atoms with E-state index in [0.717, 1.165) is 0 Å². The second-order valence-electron chi connectivity index (χ2n) is 8.38. The number of amides is 1. The van der Waals surface area contributed by atoms with Gasteiger partial charge >= 0.3 is 17.9 Å². The van der Waals surface area contributed by atoms with Gasteiger partial charge in [0, 0.05) is 5.69 Å². The third-order valence-electron chi connectivity index (χ3n) is 5.22. The Morgan fingerprint density at radius 2 is 1.39 bits per heavy atom. The summed E-state index contributed by atoms with van der Waals surface area (Å²) < 4.78 is 16.0. The van der Waals surface area contributed by atoms with Crippen LogP contribution in [-0.4, -0.2) is 53.3 Å². The molecule has 0 radical (unpaired) electrons. The molecule has 1 amide bonds. The van der Waals surface area contributed by atoms with Crippen molar-refractivity contribution in [2.45, 2.75) is 65.0 Å². The molecule has 9 heteroatoms. The van der Waals surface area contributed by atoms with Crippen molar-refractivity contribution < 1.29 is 38.5 Å². The number of carbonyl (C=O) groups excluding carboxylic acids is 3. The molecule has 0 saturated carbocycles. The zero-order valence-electron chi connectivity index (χ0n) is 17.9. The first-order valence-corrected chi connectivity index (χ1v) is 10.3. The summed E-state index contributed by atoms with van der Waals surface area (Å²) in [6.07, 6.45) is -0.488. The third kappa shape index (κ3) is 5.04. The molecule has 2 saturated heterocycles. The molecule has 0 aliphatic carbocycles. The van der Waals surface area contributed by atoms with E-state index in [-0.39, 0.29) is 29.0 Å². The predicted molar refractivity (Wildman–Crippen MR) is 109 cm³/mol. The highest BCUT2D eigenvalue weighted by molar-refractivity contribution is 6.01. The number of carboxylic acids is 1. The van der Waals surface area contributed by atoms with Crippen LogP contribution in [0.1, 0.15) is 61.3 Å². The fourth-order valence-electron chi connectivity index (χ4n) is 4.05. The quantitative estimate of drug-likeness (QED) is 0.628. The average Bonchev–Trinajstić information content (AvgIpc) is 3.28. The van der Waals surface area contributed by atoms with Crippen molar-refractivity contribution in [3.8, 4) is 0 Å². The monoisotopic (exact) mass is 433 g/mol. The normalized spacial score (nSPS) is 24.3.